The molecule has 0 bridgehead atoms. The van der Waals surface area contributed by atoms with Crippen molar-refractivity contribution >= 4 is 17.3 Å². The van der Waals surface area contributed by atoms with Gasteiger partial charge in [-0.15, -0.1) is 0 Å². The summed E-state index contributed by atoms with van der Waals surface area (Å²) in [6, 6.07) is 12.4. The number of amides is 1. The van der Waals surface area contributed by atoms with E-state index in [1.54, 1.807) is 31.2 Å². The molecule has 23 heavy (non-hydrogen) atoms. The van der Waals surface area contributed by atoms with Gasteiger partial charge in [0.2, 0.25) is 0 Å². The largest absolute Gasteiger partial charge is 0.393 e. The molecule has 0 aliphatic heterocycles. The Labute approximate surface area is 132 Å². The van der Waals surface area contributed by atoms with E-state index >= 15 is 0 Å². The number of nitrogens with zero attached hydrogens (tertiary/aromatic N) is 2. The summed E-state index contributed by atoms with van der Waals surface area (Å²) >= 11 is 0. The van der Waals surface area contributed by atoms with E-state index in [1.165, 1.54) is 12.1 Å². The highest BCUT2D eigenvalue weighted by Crippen LogP contribution is 2.23. The number of nitrogens with two attached hydrogens (primary N) is 1. The lowest BCUT2D eigenvalue weighted by Crippen LogP contribution is -2.26. The van der Waals surface area contributed by atoms with Crippen molar-refractivity contribution in [2.75, 3.05) is 5.73 Å². The standard InChI is InChI=1S/C16H14N4O3/c1-10(12-4-2-11(9-17)3-5-12)19-16(21)13-6-7-14(18)15(8-13)20(22)23/h2-8,10H,18H2,1H3,(H,19,21). The van der Waals surface area contributed by atoms with Crippen LogP contribution in [0.15, 0.2) is 42.5 Å². The molecule has 0 aliphatic rings. The lowest BCUT2D eigenvalue weighted by Gasteiger charge is -2.14. The topological polar surface area (TPSA) is 122 Å². The molecule has 0 saturated heterocycles. The molecule has 0 saturated carbocycles. The van der Waals surface area contributed by atoms with Gasteiger partial charge in [0.1, 0.15) is 5.69 Å². The van der Waals surface area contributed by atoms with Gasteiger partial charge in [-0.05, 0) is 36.8 Å². The average Bonchev–Trinajstić information content (AvgIpc) is 2.54. The number of nitrogen functional groups attached to an aromatic ring is 1. The summed E-state index contributed by atoms with van der Waals surface area (Å²) in [4.78, 5) is 22.5. The van der Waals surface area contributed by atoms with Crippen LogP contribution in [0, 0.1) is 21.4 Å². The highest BCUT2D eigenvalue weighted by molar-refractivity contribution is 5.95. The summed E-state index contributed by atoms with van der Waals surface area (Å²) in [6.45, 7) is 1.78. The second kappa shape index (κ2) is 6.58. The average molecular weight is 310 g/mol. The molecule has 3 N–H and O–H groups in total. The molecule has 7 nitrogen and oxygen atoms in total. The number of carbonyl (C=O) groups excluding carboxylic acids is 1. The van der Waals surface area contributed by atoms with Gasteiger partial charge in [0.25, 0.3) is 11.6 Å². The van der Waals surface area contributed by atoms with Gasteiger partial charge in [-0.2, -0.15) is 5.26 Å². The predicted octanol–water partition coefficient (Wildman–Crippen LogP) is 2.54. The molecule has 1 atom stereocenters. The first-order chi connectivity index (χ1) is 10.9. The lowest BCUT2D eigenvalue weighted by molar-refractivity contribution is -0.383. The van der Waals surface area contributed by atoms with Gasteiger partial charge in [-0.1, -0.05) is 12.1 Å². The van der Waals surface area contributed by atoms with Crippen molar-refractivity contribution in [1.82, 2.24) is 5.32 Å². The Bertz CT molecular complexity index is 794. The fourth-order valence-corrected chi connectivity index (χ4v) is 2.05. The van der Waals surface area contributed by atoms with Gasteiger partial charge in [-0.3, -0.25) is 14.9 Å². The summed E-state index contributed by atoms with van der Waals surface area (Å²) in [7, 11) is 0. The molecule has 2 rings (SSSR count). The number of rotatable bonds is 4. The van der Waals surface area contributed by atoms with E-state index in [4.69, 9.17) is 11.0 Å². The Morgan fingerprint density at radius 1 is 1.30 bits per heavy atom. The zero-order valence-corrected chi connectivity index (χ0v) is 12.3. The van der Waals surface area contributed by atoms with Crippen molar-refractivity contribution in [3.8, 4) is 6.07 Å². The monoisotopic (exact) mass is 310 g/mol. The zero-order valence-electron chi connectivity index (χ0n) is 12.3. The van der Waals surface area contributed by atoms with Gasteiger partial charge < -0.3 is 11.1 Å². The Morgan fingerprint density at radius 2 is 1.96 bits per heavy atom. The van der Waals surface area contributed by atoms with E-state index in [-0.39, 0.29) is 23.0 Å². The summed E-state index contributed by atoms with van der Waals surface area (Å²) in [5.41, 5.74) is 6.72. The van der Waals surface area contributed by atoms with Gasteiger partial charge in [0.15, 0.2) is 0 Å². The van der Waals surface area contributed by atoms with Crippen molar-refractivity contribution in [3.63, 3.8) is 0 Å². The van der Waals surface area contributed by atoms with Gasteiger partial charge in [0.05, 0.1) is 22.6 Å². The van der Waals surface area contributed by atoms with Crippen molar-refractivity contribution in [2.45, 2.75) is 13.0 Å². The molecule has 7 heteroatoms. The summed E-state index contributed by atoms with van der Waals surface area (Å²) in [5, 5.41) is 22.4. The second-order valence-electron chi connectivity index (χ2n) is 4.96. The summed E-state index contributed by atoms with van der Waals surface area (Å²) < 4.78 is 0. The molecular formula is C16H14N4O3. The molecule has 1 amide bonds. The second-order valence-corrected chi connectivity index (χ2v) is 4.96. The molecule has 2 aromatic carbocycles. The first-order valence-electron chi connectivity index (χ1n) is 6.77. The first kappa shape index (κ1) is 16.0. The van der Waals surface area contributed by atoms with Crippen LogP contribution < -0.4 is 11.1 Å². The van der Waals surface area contributed by atoms with Crippen molar-refractivity contribution in [2.24, 2.45) is 0 Å². The molecule has 0 aliphatic carbocycles. The van der Waals surface area contributed by atoms with Crippen molar-refractivity contribution in [1.29, 1.82) is 5.26 Å². The van der Waals surface area contributed by atoms with Crippen molar-refractivity contribution in [3.05, 3.63) is 69.3 Å². The number of nitro groups is 1. The summed E-state index contributed by atoms with van der Waals surface area (Å²) in [6.07, 6.45) is 0. The maximum absolute atomic E-state index is 12.2. The molecule has 2 aromatic rings. The Kier molecular flexibility index (Phi) is 4.57. The van der Waals surface area contributed by atoms with E-state index in [0.29, 0.717) is 5.56 Å². The minimum atomic E-state index is -0.629. The number of nitriles is 1. The number of hydrogen-bond donors (Lipinski definition) is 2. The van der Waals surface area contributed by atoms with Crippen LogP contribution >= 0.6 is 0 Å². The molecule has 0 heterocycles. The van der Waals surface area contributed by atoms with Crippen LogP contribution in [-0.4, -0.2) is 10.8 Å². The number of hydrogen-bond acceptors (Lipinski definition) is 5. The third-order valence-corrected chi connectivity index (χ3v) is 3.38. The van der Waals surface area contributed by atoms with Gasteiger partial charge in [-0.25, -0.2) is 0 Å². The SMILES string of the molecule is CC(NC(=O)c1ccc(N)c([N+](=O)[O-])c1)c1ccc(C#N)cc1. The van der Waals surface area contributed by atoms with E-state index in [2.05, 4.69) is 5.32 Å². The maximum atomic E-state index is 12.2. The van der Waals surface area contributed by atoms with Crippen LogP contribution in [0.4, 0.5) is 11.4 Å². The van der Waals surface area contributed by atoms with Crippen molar-refractivity contribution < 1.29 is 9.72 Å². The van der Waals surface area contributed by atoms with E-state index < -0.39 is 10.8 Å². The number of nitrogens with one attached hydrogen (secondary N) is 1. The molecule has 116 valence electrons. The number of nitro benzene ring substituents is 1. The van der Waals surface area contributed by atoms with Crippen LogP contribution in [0.5, 0.6) is 0 Å². The zero-order chi connectivity index (χ0) is 17.0. The Hall–Kier alpha value is -3.40. The Morgan fingerprint density at radius 3 is 2.52 bits per heavy atom. The Balaban J connectivity index is 2.16. The fourth-order valence-electron chi connectivity index (χ4n) is 2.05. The molecule has 0 fully saturated rings. The van der Waals surface area contributed by atoms with E-state index in [1.807, 2.05) is 6.07 Å². The number of anilines is 1. The fraction of sp³-hybridized carbons (Fsp3) is 0.125. The third-order valence-electron chi connectivity index (χ3n) is 3.38. The quantitative estimate of drug-likeness (QED) is 0.510. The molecule has 0 aromatic heterocycles. The number of carbonyl (C=O) groups is 1. The smallest absolute Gasteiger partial charge is 0.292 e. The third kappa shape index (κ3) is 3.63. The molecule has 0 spiro atoms. The van der Waals surface area contributed by atoms with Crippen LogP contribution in [0.1, 0.15) is 34.5 Å². The van der Waals surface area contributed by atoms with E-state index in [0.717, 1.165) is 11.6 Å². The maximum Gasteiger partial charge on any atom is 0.292 e. The van der Waals surface area contributed by atoms with Crippen LogP contribution in [0.2, 0.25) is 0 Å². The molecule has 1 unspecified atom stereocenters. The van der Waals surface area contributed by atoms with Crippen LogP contribution in [-0.2, 0) is 0 Å². The first-order valence-corrected chi connectivity index (χ1v) is 6.77. The number of benzene rings is 2. The minimum absolute atomic E-state index is 0.00620. The highest BCUT2D eigenvalue weighted by atomic mass is 16.6. The summed E-state index contributed by atoms with van der Waals surface area (Å²) in [5.74, 6) is -0.440. The van der Waals surface area contributed by atoms with Gasteiger partial charge >= 0.3 is 0 Å². The van der Waals surface area contributed by atoms with Gasteiger partial charge in [0, 0.05) is 11.6 Å². The van der Waals surface area contributed by atoms with Crippen LogP contribution in [0.25, 0.3) is 0 Å². The minimum Gasteiger partial charge on any atom is -0.393 e. The highest BCUT2D eigenvalue weighted by Gasteiger charge is 2.17. The molecule has 0 radical (unpaired) electrons. The lowest BCUT2D eigenvalue weighted by atomic mass is 10.1. The van der Waals surface area contributed by atoms with Crippen LogP contribution in [0.3, 0.4) is 0 Å². The normalized spacial score (nSPS) is 11.3. The molecular weight excluding hydrogens is 296 g/mol. The van der Waals surface area contributed by atoms with E-state index in [9.17, 15) is 14.9 Å². The predicted molar refractivity (Wildman–Crippen MR) is 84.5 cm³/mol.